The number of likely N-dealkylation sites (tertiary alicyclic amines) is 1. The summed E-state index contributed by atoms with van der Waals surface area (Å²) in [7, 11) is 0. The summed E-state index contributed by atoms with van der Waals surface area (Å²) < 4.78 is 18.1. The Kier molecular flexibility index (Phi) is 5.81. The first kappa shape index (κ1) is 20.5. The number of esters is 1. The highest BCUT2D eigenvalue weighted by molar-refractivity contribution is 5.98. The molecule has 1 saturated heterocycles. The van der Waals surface area contributed by atoms with Crippen molar-refractivity contribution in [2.75, 3.05) is 33.0 Å². The first-order valence-electron chi connectivity index (χ1n) is 10.6. The number of quaternary nitrogens is 1. The summed E-state index contributed by atoms with van der Waals surface area (Å²) in [6.07, 6.45) is 1.78. The number of ketones is 1. The van der Waals surface area contributed by atoms with Crippen molar-refractivity contribution in [2.24, 2.45) is 5.92 Å². The van der Waals surface area contributed by atoms with E-state index < -0.39 is 0 Å². The SMILES string of the molecule is CCOC(=O)[C@H]1CCC[NH+](CC(=O)c2cc(C)n(-c3ccc4c(c3)OCO4)c2C)C1. The standard InChI is InChI=1S/C23H28N2O5/c1-4-28-23(27)17-6-5-9-24(12-17)13-20(26)19-10-15(2)25(16(19)3)18-7-8-21-22(11-18)30-14-29-21/h7-8,10-11,17H,4-6,9,12-14H2,1-3H3/p+1/t17-/m0/s1. The van der Waals surface area contributed by atoms with Gasteiger partial charge in [0.1, 0.15) is 12.5 Å². The second-order valence-corrected chi connectivity index (χ2v) is 8.05. The van der Waals surface area contributed by atoms with Crippen LogP contribution in [0.3, 0.4) is 0 Å². The van der Waals surface area contributed by atoms with Crippen LogP contribution in [-0.4, -0.2) is 49.4 Å². The van der Waals surface area contributed by atoms with E-state index in [0.29, 0.717) is 19.7 Å². The molecule has 2 atom stereocenters. The molecule has 2 aliphatic heterocycles. The molecule has 0 bridgehead atoms. The van der Waals surface area contributed by atoms with Gasteiger partial charge in [0.15, 0.2) is 11.5 Å². The van der Waals surface area contributed by atoms with Crippen LogP contribution < -0.4 is 14.4 Å². The van der Waals surface area contributed by atoms with Crippen molar-refractivity contribution in [3.05, 3.63) is 41.2 Å². The molecule has 1 fully saturated rings. The molecule has 160 valence electrons. The number of piperidine rings is 1. The van der Waals surface area contributed by atoms with Crippen molar-refractivity contribution in [3.63, 3.8) is 0 Å². The minimum atomic E-state index is -0.136. The summed E-state index contributed by atoms with van der Waals surface area (Å²) in [5, 5.41) is 0. The van der Waals surface area contributed by atoms with Crippen molar-refractivity contribution in [1.82, 2.24) is 4.57 Å². The monoisotopic (exact) mass is 413 g/mol. The lowest BCUT2D eigenvalue weighted by Crippen LogP contribution is -3.14. The topological polar surface area (TPSA) is 71.2 Å². The maximum absolute atomic E-state index is 13.1. The molecule has 0 saturated carbocycles. The van der Waals surface area contributed by atoms with E-state index in [1.165, 1.54) is 0 Å². The van der Waals surface area contributed by atoms with Gasteiger partial charge in [-0.2, -0.15) is 0 Å². The molecule has 4 rings (SSSR count). The molecule has 1 unspecified atom stereocenters. The van der Waals surface area contributed by atoms with Crippen molar-refractivity contribution < 1.29 is 28.7 Å². The normalized spacial score (nSPS) is 20.2. The van der Waals surface area contributed by atoms with Gasteiger partial charge >= 0.3 is 5.97 Å². The van der Waals surface area contributed by atoms with E-state index in [-0.39, 0.29) is 24.5 Å². The van der Waals surface area contributed by atoms with Gasteiger partial charge in [-0.3, -0.25) is 9.59 Å². The van der Waals surface area contributed by atoms with E-state index in [0.717, 1.165) is 58.4 Å². The Bertz CT molecular complexity index is 965. The summed E-state index contributed by atoms with van der Waals surface area (Å²) >= 11 is 0. The van der Waals surface area contributed by atoms with E-state index in [1.54, 1.807) is 0 Å². The molecule has 0 amide bonds. The zero-order valence-corrected chi connectivity index (χ0v) is 17.8. The van der Waals surface area contributed by atoms with E-state index in [9.17, 15) is 9.59 Å². The maximum atomic E-state index is 13.1. The second-order valence-electron chi connectivity index (χ2n) is 8.05. The third-order valence-corrected chi connectivity index (χ3v) is 5.99. The smallest absolute Gasteiger partial charge is 0.314 e. The molecule has 0 aliphatic carbocycles. The third-order valence-electron chi connectivity index (χ3n) is 5.99. The Morgan fingerprint density at radius 3 is 2.80 bits per heavy atom. The number of aryl methyl sites for hydroxylation is 1. The Balaban J connectivity index is 1.50. The zero-order valence-electron chi connectivity index (χ0n) is 17.8. The Morgan fingerprint density at radius 1 is 1.20 bits per heavy atom. The average Bonchev–Trinajstić information content (AvgIpc) is 3.31. The van der Waals surface area contributed by atoms with Crippen molar-refractivity contribution >= 4 is 11.8 Å². The molecular weight excluding hydrogens is 384 g/mol. The van der Waals surface area contributed by atoms with Gasteiger partial charge in [0.2, 0.25) is 12.6 Å². The fourth-order valence-corrected chi connectivity index (χ4v) is 4.56. The first-order valence-corrected chi connectivity index (χ1v) is 10.6. The van der Waals surface area contributed by atoms with E-state index in [4.69, 9.17) is 14.2 Å². The van der Waals surface area contributed by atoms with Crippen LogP contribution in [0.2, 0.25) is 0 Å². The van der Waals surface area contributed by atoms with Gasteiger partial charge < -0.3 is 23.7 Å². The molecule has 7 heteroatoms. The van der Waals surface area contributed by atoms with Gasteiger partial charge in [0, 0.05) is 28.7 Å². The van der Waals surface area contributed by atoms with Crippen LogP contribution in [0.25, 0.3) is 5.69 Å². The van der Waals surface area contributed by atoms with Crippen molar-refractivity contribution in [1.29, 1.82) is 0 Å². The number of hydrogen-bond acceptors (Lipinski definition) is 5. The van der Waals surface area contributed by atoms with Crippen LogP contribution in [0.15, 0.2) is 24.3 Å². The summed E-state index contributed by atoms with van der Waals surface area (Å²) in [6.45, 7) is 8.38. The number of carbonyl (C=O) groups excluding carboxylic acids is 2. The highest BCUT2D eigenvalue weighted by atomic mass is 16.7. The lowest BCUT2D eigenvalue weighted by atomic mass is 9.97. The van der Waals surface area contributed by atoms with Gasteiger partial charge in [-0.15, -0.1) is 0 Å². The molecule has 7 nitrogen and oxygen atoms in total. The number of carbonyl (C=O) groups is 2. The number of ether oxygens (including phenoxy) is 3. The molecule has 1 aromatic carbocycles. The molecule has 2 aromatic rings. The minimum absolute atomic E-state index is 0.106. The van der Waals surface area contributed by atoms with E-state index in [1.807, 2.05) is 45.0 Å². The summed E-state index contributed by atoms with van der Waals surface area (Å²) in [5.74, 6) is 1.32. The van der Waals surface area contributed by atoms with Crippen LogP contribution in [0, 0.1) is 19.8 Å². The average molecular weight is 413 g/mol. The summed E-state index contributed by atoms with van der Waals surface area (Å²) in [6, 6.07) is 7.76. The highest BCUT2D eigenvalue weighted by Crippen LogP contribution is 2.34. The Morgan fingerprint density at radius 2 is 2.00 bits per heavy atom. The maximum Gasteiger partial charge on any atom is 0.314 e. The largest absolute Gasteiger partial charge is 0.466 e. The summed E-state index contributed by atoms with van der Waals surface area (Å²) in [4.78, 5) is 26.4. The number of hydrogen-bond donors (Lipinski definition) is 1. The molecule has 0 spiro atoms. The Labute approximate surface area is 176 Å². The number of aromatic nitrogens is 1. The van der Waals surface area contributed by atoms with Crippen molar-refractivity contribution in [3.8, 4) is 17.2 Å². The van der Waals surface area contributed by atoms with Gasteiger partial charge in [-0.1, -0.05) is 0 Å². The van der Waals surface area contributed by atoms with Crippen LogP contribution in [0.1, 0.15) is 41.5 Å². The fraction of sp³-hybridized carbons (Fsp3) is 0.478. The van der Waals surface area contributed by atoms with Crippen LogP contribution in [0.5, 0.6) is 11.5 Å². The molecular formula is C23H29N2O5+. The quantitative estimate of drug-likeness (QED) is 0.578. The van der Waals surface area contributed by atoms with Crippen LogP contribution >= 0.6 is 0 Å². The highest BCUT2D eigenvalue weighted by Gasteiger charge is 2.31. The summed E-state index contributed by atoms with van der Waals surface area (Å²) in [5.41, 5.74) is 3.58. The van der Waals surface area contributed by atoms with Gasteiger partial charge in [0.05, 0.1) is 19.7 Å². The lowest BCUT2D eigenvalue weighted by Gasteiger charge is -2.28. The number of Topliss-reactive ketones (excluding diaryl/α,β-unsaturated/α-hetero) is 1. The zero-order chi connectivity index (χ0) is 21.3. The van der Waals surface area contributed by atoms with Gasteiger partial charge in [-0.05, 0) is 51.8 Å². The molecule has 30 heavy (non-hydrogen) atoms. The van der Waals surface area contributed by atoms with Crippen LogP contribution in [-0.2, 0) is 9.53 Å². The second kappa shape index (κ2) is 8.52. The molecule has 3 heterocycles. The van der Waals surface area contributed by atoms with Crippen molar-refractivity contribution in [2.45, 2.75) is 33.6 Å². The fourth-order valence-electron chi connectivity index (χ4n) is 4.56. The van der Waals surface area contributed by atoms with E-state index >= 15 is 0 Å². The van der Waals surface area contributed by atoms with Crippen LogP contribution in [0.4, 0.5) is 0 Å². The lowest BCUT2D eigenvalue weighted by molar-refractivity contribution is -0.899. The predicted octanol–water partition coefficient (Wildman–Crippen LogP) is 1.86. The molecule has 1 N–H and O–H groups in total. The number of nitrogens with zero attached hydrogens (tertiary/aromatic N) is 1. The van der Waals surface area contributed by atoms with E-state index in [2.05, 4.69) is 4.57 Å². The minimum Gasteiger partial charge on any atom is -0.466 e. The number of benzene rings is 1. The Hall–Kier alpha value is -2.80. The van der Waals surface area contributed by atoms with Gasteiger partial charge in [-0.25, -0.2) is 0 Å². The first-order chi connectivity index (χ1) is 14.5. The molecule has 1 aromatic heterocycles. The third kappa shape index (κ3) is 3.94. The van der Waals surface area contributed by atoms with Gasteiger partial charge in [0.25, 0.3) is 0 Å². The number of nitrogens with one attached hydrogen (secondary N) is 1. The predicted molar refractivity (Wildman–Crippen MR) is 111 cm³/mol. The molecule has 0 radical (unpaired) electrons. The number of rotatable bonds is 6. The number of fused-ring (bicyclic) bond motifs is 1. The molecule has 2 aliphatic rings.